The van der Waals surface area contributed by atoms with Crippen LogP contribution in [0.25, 0.3) is 6.08 Å². The molecular weight excluding hydrogens is 670 g/mol. The van der Waals surface area contributed by atoms with Crippen LogP contribution >= 0.6 is 62.5 Å². The lowest BCUT2D eigenvalue weighted by Crippen LogP contribution is -2.36. The molecule has 3 amide bonds. The minimum absolute atomic E-state index is 0.124. The Labute approximate surface area is 256 Å². The first kappa shape index (κ1) is 30.2. The summed E-state index contributed by atoms with van der Waals surface area (Å²) < 4.78 is 25.7. The first-order valence-electron chi connectivity index (χ1n) is 11.6. The largest absolute Gasteiger partial charge is 0.490 e. The third kappa shape index (κ3) is 7.30. The minimum Gasteiger partial charge on any atom is -0.490 e. The molecular formula is C27H19BrCl3FN2O5S. The van der Waals surface area contributed by atoms with Crippen LogP contribution in [0.1, 0.15) is 18.1 Å². The predicted octanol–water partition coefficient (Wildman–Crippen LogP) is 8.20. The Balaban J connectivity index is 1.49. The third-order valence-corrected chi connectivity index (χ3v) is 7.77. The first-order chi connectivity index (χ1) is 19.0. The average Bonchev–Trinajstić information content (AvgIpc) is 3.14. The molecule has 0 aliphatic carbocycles. The van der Waals surface area contributed by atoms with E-state index in [4.69, 9.17) is 44.3 Å². The highest BCUT2D eigenvalue weighted by Gasteiger charge is 2.36. The number of ether oxygens (including phenoxy) is 2. The van der Waals surface area contributed by atoms with Crippen LogP contribution in [0.15, 0.2) is 57.9 Å². The Morgan fingerprint density at radius 3 is 2.55 bits per heavy atom. The molecule has 0 aromatic heterocycles. The van der Waals surface area contributed by atoms with Gasteiger partial charge in [-0.3, -0.25) is 19.3 Å². The second kappa shape index (κ2) is 13.3. The van der Waals surface area contributed by atoms with Crippen molar-refractivity contribution in [2.75, 3.05) is 18.5 Å². The van der Waals surface area contributed by atoms with E-state index >= 15 is 0 Å². The van der Waals surface area contributed by atoms with Crippen LogP contribution in [0, 0.1) is 5.82 Å². The Morgan fingerprint density at radius 2 is 1.85 bits per heavy atom. The molecule has 1 saturated heterocycles. The molecule has 1 N–H and O–H groups in total. The van der Waals surface area contributed by atoms with Gasteiger partial charge in [-0.05, 0) is 88.7 Å². The van der Waals surface area contributed by atoms with Crippen LogP contribution in [0.5, 0.6) is 11.5 Å². The summed E-state index contributed by atoms with van der Waals surface area (Å²) in [6.45, 7) is 1.79. The molecule has 0 bridgehead atoms. The summed E-state index contributed by atoms with van der Waals surface area (Å²) in [6.07, 6.45) is 1.52. The molecule has 13 heteroatoms. The standard InChI is InChI=1S/C27H19BrCl3FN2O5S/c1-2-38-22-8-14(7-18(28)25(22)39-13-15-3-4-16(29)10-19(15)30)9-23-26(36)34(27(37)40-23)12-24(35)33-17-5-6-21(32)20(31)11-17/h3-11H,2,12-13H2,1H3,(H,33,35)/b23-9-. The fourth-order valence-corrected chi connectivity index (χ4v) is 5.62. The fraction of sp³-hybridized carbons (Fsp3) is 0.148. The lowest BCUT2D eigenvalue weighted by atomic mass is 10.1. The van der Waals surface area contributed by atoms with Crippen LogP contribution in [0.3, 0.4) is 0 Å². The normalized spacial score (nSPS) is 14.2. The maximum atomic E-state index is 13.4. The van der Waals surface area contributed by atoms with Crippen LogP contribution < -0.4 is 14.8 Å². The molecule has 1 aliphatic rings. The molecule has 7 nitrogen and oxygen atoms in total. The number of nitrogens with zero attached hydrogens (tertiary/aromatic N) is 1. The number of hydrogen-bond donors (Lipinski definition) is 1. The number of rotatable bonds is 9. The number of carbonyl (C=O) groups excluding carboxylic acids is 3. The molecule has 0 radical (unpaired) electrons. The van der Waals surface area contributed by atoms with Gasteiger partial charge in [0.25, 0.3) is 11.1 Å². The molecule has 208 valence electrons. The summed E-state index contributed by atoms with van der Waals surface area (Å²) in [5.74, 6) is -1.08. The molecule has 40 heavy (non-hydrogen) atoms. The lowest BCUT2D eigenvalue weighted by molar-refractivity contribution is -0.127. The van der Waals surface area contributed by atoms with Crippen LogP contribution in [-0.4, -0.2) is 35.1 Å². The van der Waals surface area contributed by atoms with Crippen molar-refractivity contribution in [1.29, 1.82) is 0 Å². The second-order valence-electron chi connectivity index (χ2n) is 8.23. The molecule has 3 aromatic rings. The number of imide groups is 1. The second-order valence-corrected chi connectivity index (χ2v) is 11.3. The molecule has 0 atom stereocenters. The van der Waals surface area contributed by atoms with E-state index in [2.05, 4.69) is 21.2 Å². The van der Waals surface area contributed by atoms with Crippen molar-refractivity contribution in [2.45, 2.75) is 13.5 Å². The van der Waals surface area contributed by atoms with E-state index in [9.17, 15) is 18.8 Å². The van der Waals surface area contributed by atoms with Crippen molar-refractivity contribution >= 4 is 91.3 Å². The highest BCUT2D eigenvalue weighted by molar-refractivity contribution is 9.10. The van der Waals surface area contributed by atoms with Gasteiger partial charge in [0.05, 0.1) is 21.0 Å². The van der Waals surface area contributed by atoms with E-state index in [1.807, 2.05) is 6.92 Å². The SMILES string of the molecule is CCOc1cc(/C=C2\SC(=O)N(CC(=O)Nc3ccc(F)c(Cl)c3)C2=O)cc(Br)c1OCc1ccc(Cl)cc1Cl. The summed E-state index contributed by atoms with van der Waals surface area (Å²) in [6, 6.07) is 12.1. The zero-order valence-corrected chi connectivity index (χ0v) is 25.3. The molecule has 3 aromatic carbocycles. The summed E-state index contributed by atoms with van der Waals surface area (Å²) >= 11 is 22.1. The van der Waals surface area contributed by atoms with E-state index in [1.165, 1.54) is 18.2 Å². The van der Waals surface area contributed by atoms with Crippen molar-refractivity contribution in [2.24, 2.45) is 0 Å². The molecule has 1 heterocycles. The highest BCUT2D eigenvalue weighted by atomic mass is 79.9. The van der Waals surface area contributed by atoms with Crippen molar-refractivity contribution in [1.82, 2.24) is 4.90 Å². The van der Waals surface area contributed by atoms with Crippen molar-refractivity contribution in [3.8, 4) is 11.5 Å². The van der Waals surface area contributed by atoms with E-state index in [0.29, 0.717) is 49.9 Å². The molecule has 4 rings (SSSR count). The lowest BCUT2D eigenvalue weighted by Gasteiger charge is -2.15. The van der Waals surface area contributed by atoms with Gasteiger partial charge in [0.2, 0.25) is 5.91 Å². The van der Waals surface area contributed by atoms with Crippen LogP contribution in [0.2, 0.25) is 15.1 Å². The van der Waals surface area contributed by atoms with Crippen molar-refractivity contribution in [3.05, 3.63) is 89.9 Å². The molecule has 0 spiro atoms. The number of nitrogens with one attached hydrogen (secondary N) is 1. The Kier molecular flexibility index (Phi) is 10.0. The maximum absolute atomic E-state index is 13.4. The smallest absolute Gasteiger partial charge is 0.294 e. The number of anilines is 1. The zero-order valence-electron chi connectivity index (χ0n) is 20.6. The average molecular weight is 689 g/mol. The van der Waals surface area contributed by atoms with E-state index in [-0.39, 0.29) is 22.2 Å². The van der Waals surface area contributed by atoms with Gasteiger partial charge < -0.3 is 14.8 Å². The van der Waals surface area contributed by atoms with E-state index in [0.717, 1.165) is 16.5 Å². The molecule has 1 fully saturated rings. The van der Waals surface area contributed by atoms with Crippen LogP contribution in [0.4, 0.5) is 14.9 Å². The third-order valence-electron chi connectivity index (χ3n) is 5.40. The number of benzene rings is 3. The van der Waals surface area contributed by atoms with Gasteiger partial charge in [-0.2, -0.15) is 0 Å². The summed E-state index contributed by atoms with van der Waals surface area (Å²) in [5, 5.41) is 2.69. The summed E-state index contributed by atoms with van der Waals surface area (Å²) in [4.78, 5) is 38.9. The van der Waals surface area contributed by atoms with E-state index < -0.39 is 29.4 Å². The predicted molar refractivity (Wildman–Crippen MR) is 159 cm³/mol. The first-order valence-corrected chi connectivity index (χ1v) is 14.3. The fourth-order valence-electron chi connectivity index (χ4n) is 3.57. The topological polar surface area (TPSA) is 84.9 Å². The Bertz CT molecular complexity index is 1540. The number of halogens is 5. The number of carbonyl (C=O) groups is 3. The van der Waals surface area contributed by atoms with Crippen molar-refractivity contribution < 1.29 is 28.2 Å². The zero-order chi connectivity index (χ0) is 29.0. The molecule has 0 unspecified atom stereocenters. The summed E-state index contributed by atoms with van der Waals surface area (Å²) in [5.41, 5.74) is 1.51. The molecule has 0 saturated carbocycles. The van der Waals surface area contributed by atoms with Crippen LogP contribution in [-0.2, 0) is 16.2 Å². The van der Waals surface area contributed by atoms with Gasteiger partial charge in [-0.1, -0.05) is 40.9 Å². The van der Waals surface area contributed by atoms with Gasteiger partial charge in [0.1, 0.15) is 19.0 Å². The van der Waals surface area contributed by atoms with E-state index in [1.54, 1.807) is 30.3 Å². The number of amides is 3. The Hall–Kier alpha value is -2.76. The monoisotopic (exact) mass is 686 g/mol. The van der Waals surface area contributed by atoms with Gasteiger partial charge in [-0.25, -0.2) is 4.39 Å². The Morgan fingerprint density at radius 1 is 1.07 bits per heavy atom. The quantitative estimate of drug-likeness (QED) is 0.228. The number of thioether (sulfide) groups is 1. The summed E-state index contributed by atoms with van der Waals surface area (Å²) in [7, 11) is 0. The highest BCUT2D eigenvalue weighted by Crippen LogP contribution is 2.40. The van der Waals surface area contributed by atoms with Gasteiger partial charge >= 0.3 is 0 Å². The van der Waals surface area contributed by atoms with Gasteiger partial charge in [0, 0.05) is 21.3 Å². The van der Waals surface area contributed by atoms with Gasteiger partial charge in [0.15, 0.2) is 11.5 Å². The van der Waals surface area contributed by atoms with Gasteiger partial charge in [-0.15, -0.1) is 0 Å². The number of hydrogen-bond acceptors (Lipinski definition) is 6. The maximum Gasteiger partial charge on any atom is 0.294 e. The molecule has 1 aliphatic heterocycles. The minimum atomic E-state index is -0.644. The van der Waals surface area contributed by atoms with Crippen molar-refractivity contribution in [3.63, 3.8) is 0 Å².